The minimum absolute atomic E-state index is 0.492. The predicted molar refractivity (Wildman–Crippen MR) is 107 cm³/mol. The van der Waals surface area contributed by atoms with Gasteiger partial charge in [0.25, 0.3) is 0 Å². The fourth-order valence-corrected chi connectivity index (χ4v) is 3.83. The molecule has 2 heterocycles. The van der Waals surface area contributed by atoms with Crippen molar-refractivity contribution in [2.24, 2.45) is 10.9 Å². The molecular weight excluding hydrogens is 326 g/mol. The average Bonchev–Trinajstić information content (AvgIpc) is 3.31. The first kappa shape index (κ1) is 20.7. The van der Waals surface area contributed by atoms with Crippen LogP contribution in [0.1, 0.15) is 64.3 Å². The summed E-state index contributed by atoms with van der Waals surface area (Å²) in [6.07, 6.45) is 3.43. The summed E-state index contributed by atoms with van der Waals surface area (Å²) < 4.78 is 5.52. The summed E-state index contributed by atoms with van der Waals surface area (Å²) in [5.74, 6) is 3.06. The molecule has 2 rings (SSSR count). The first-order valence-electron chi connectivity index (χ1n) is 10.3. The zero-order valence-electron chi connectivity index (χ0n) is 17.3. The molecule has 26 heavy (non-hydrogen) atoms. The van der Waals surface area contributed by atoms with Gasteiger partial charge in [-0.25, -0.2) is 0 Å². The number of aliphatic imine (C=N–C) groups is 1. The lowest BCUT2D eigenvalue weighted by molar-refractivity contribution is 0.255. The van der Waals surface area contributed by atoms with Gasteiger partial charge >= 0.3 is 0 Å². The van der Waals surface area contributed by atoms with E-state index in [4.69, 9.17) is 4.52 Å². The van der Waals surface area contributed by atoms with Crippen LogP contribution in [-0.2, 0) is 6.54 Å². The number of hydrogen-bond donors (Lipinski definition) is 1. The van der Waals surface area contributed by atoms with Crippen LogP contribution >= 0.6 is 0 Å². The number of hydrogen-bond acceptors (Lipinski definition) is 4. The van der Waals surface area contributed by atoms with Crippen LogP contribution in [0.25, 0.3) is 0 Å². The first-order valence-corrected chi connectivity index (χ1v) is 10.3. The van der Waals surface area contributed by atoms with Crippen molar-refractivity contribution < 1.29 is 4.52 Å². The zero-order valence-corrected chi connectivity index (χ0v) is 17.3. The molecule has 0 spiro atoms. The van der Waals surface area contributed by atoms with Gasteiger partial charge in [0.1, 0.15) is 0 Å². The maximum absolute atomic E-state index is 5.52. The van der Waals surface area contributed by atoms with E-state index >= 15 is 0 Å². The molecule has 1 N–H and O–H groups in total. The topological polar surface area (TPSA) is 56.9 Å². The molecule has 6 heteroatoms. The maximum atomic E-state index is 5.52. The Morgan fingerprint density at radius 3 is 2.69 bits per heavy atom. The van der Waals surface area contributed by atoms with Crippen LogP contribution in [0.3, 0.4) is 0 Å². The molecule has 1 aromatic rings. The summed E-state index contributed by atoms with van der Waals surface area (Å²) >= 11 is 0. The first-order chi connectivity index (χ1) is 12.6. The van der Waals surface area contributed by atoms with Crippen LogP contribution in [0.15, 0.2) is 15.6 Å². The SMILES string of the molecule is CCC(CC)c1cc(CNC(=NC)N2CCC(CN(CC)CC)C2)on1. The normalized spacial score (nSPS) is 18.3. The van der Waals surface area contributed by atoms with Gasteiger partial charge in [0.15, 0.2) is 11.7 Å². The standard InChI is InChI=1S/C20H37N5O/c1-6-17(7-2)19-12-18(26-23-19)13-22-20(21-5)25-11-10-16(15-25)14-24(8-3)9-4/h12,16-17H,6-11,13-15H2,1-5H3,(H,21,22). The van der Waals surface area contributed by atoms with E-state index in [-0.39, 0.29) is 0 Å². The quantitative estimate of drug-likeness (QED) is 0.539. The largest absolute Gasteiger partial charge is 0.359 e. The van der Waals surface area contributed by atoms with Crippen molar-refractivity contribution in [1.29, 1.82) is 0 Å². The summed E-state index contributed by atoms with van der Waals surface area (Å²) in [4.78, 5) is 9.35. The number of rotatable bonds is 9. The average molecular weight is 364 g/mol. The van der Waals surface area contributed by atoms with Crippen molar-refractivity contribution in [3.05, 3.63) is 17.5 Å². The van der Waals surface area contributed by atoms with Gasteiger partial charge in [0.05, 0.1) is 12.2 Å². The van der Waals surface area contributed by atoms with Gasteiger partial charge < -0.3 is 19.6 Å². The van der Waals surface area contributed by atoms with Crippen molar-refractivity contribution >= 4 is 5.96 Å². The Kier molecular flexibility index (Phi) is 8.42. The molecule has 0 bridgehead atoms. The molecule has 0 radical (unpaired) electrons. The number of guanidine groups is 1. The van der Waals surface area contributed by atoms with Gasteiger partial charge in [-0.05, 0) is 38.3 Å². The molecule has 1 unspecified atom stereocenters. The summed E-state index contributed by atoms with van der Waals surface area (Å²) in [6, 6.07) is 2.09. The molecule has 6 nitrogen and oxygen atoms in total. The lowest BCUT2D eigenvalue weighted by atomic mass is 9.99. The summed E-state index contributed by atoms with van der Waals surface area (Å²) in [6.45, 7) is 15.1. The fourth-order valence-electron chi connectivity index (χ4n) is 3.83. The highest BCUT2D eigenvalue weighted by Crippen LogP contribution is 2.22. The third kappa shape index (κ3) is 5.47. The lowest BCUT2D eigenvalue weighted by Crippen LogP contribution is -2.40. The molecule has 148 valence electrons. The Balaban J connectivity index is 1.85. The van der Waals surface area contributed by atoms with Gasteiger partial charge in [-0.2, -0.15) is 0 Å². The fraction of sp³-hybridized carbons (Fsp3) is 0.800. The van der Waals surface area contributed by atoms with E-state index < -0.39 is 0 Å². The second-order valence-electron chi connectivity index (χ2n) is 7.22. The Hall–Kier alpha value is -1.56. The van der Waals surface area contributed by atoms with Crippen molar-refractivity contribution in [2.75, 3.05) is 39.8 Å². The van der Waals surface area contributed by atoms with Gasteiger partial charge in [0.2, 0.25) is 0 Å². The molecule has 0 amide bonds. The highest BCUT2D eigenvalue weighted by Gasteiger charge is 2.26. The number of nitrogens with one attached hydrogen (secondary N) is 1. The number of likely N-dealkylation sites (tertiary alicyclic amines) is 1. The minimum Gasteiger partial charge on any atom is -0.359 e. The monoisotopic (exact) mass is 363 g/mol. The molecule has 0 saturated carbocycles. The van der Waals surface area contributed by atoms with Crippen molar-refractivity contribution in [3.63, 3.8) is 0 Å². The van der Waals surface area contributed by atoms with Crippen molar-refractivity contribution in [1.82, 2.24) is 20.3 Å². The summed E-state index contributed by atoms with van der Waals surface area (Å²) in [7, 11) is 1.86. The van der Waals surface area contributed by atoms with Gasteiger partial charge in [-0.3, -0.25) is 4.99 Å². The molecule has 1 atom stereocenters. The second kappa shape index (κ2) is 10.6. The Bertz CT molecular complexity index is 548. The third-order valence-corrected chi connectivity index (χ3v) is 5.61. The lowest BCUT2D eigenvalue weighted by Gasteiger charge is -2.24. The van der Waals surface area contributed by atoms with Crippen molar-refractivity contribution in [2.45, 2.75) is 59.4 Å². The van der Waals surface area contributed by atoms with E-state index in [1.54, 1.807) is 0 Å². The molecule has 1 saturated heterocycles. The van der Waals surface area contributed by atoms with E-state index in [1.807, 2.05) is 7.05 Å². The summed E-state index contributed by atoms with van der Waals surface area (Å²) in [5.41, 5.74) is 1.07. The highest BCUT2D eigenvalue weighted by atomic mass is 16.5. The molecular formula is C20H37N5O. The van der Waals surface area contributed by atoms with Crippen LogP contribution in [0.2, 0.25) is 0 Å². The van der Waals surface area contributed by atoms with E-state index in [9.17, 15) is 0 Å². The summed E-state index contributed by atoms with van der Waals surface area (Å²) in [5, 5.41) is 7.70. The highest BCUT2D eigenvalue weighted by molar-refractivity contribution is 5.80. The van der Waals surface area contributed by atoms with Crippen LogP contribution < -0.4 is 5.32 Å². The molecule has 1 aromatic heterocycles. The van der Waals surface area contributed by atoms with Gasteiger partial charge in [-0.15, -0.1) is 0 Å². The molecule has 1 aliphatic heterocycles. The number of aromatic nitrogens is 1. The zero-order chi connectivity index (χ0) is 18.9. The second-order valence-corrected chi connectivity index (χ2v) is 7.22. The third-order valence-electron chi connectivity index (χ3n) is 5.61. The molecule has 0 aliphatic carbocycles. The molecule has 0 aromatic carbocycles. The predicted octanol–water partition coefficient (Wildman–Crippen LogP) is 3.32. The van der Waals surface area contributed by atoms with Gasteiger partial charge in [0, 0.05) is 38.7 Å². The van der Waals surface area contributed by atoms with Crippen LogP contribution in [-0.4, -0.2) is 60.7 Å². The van der Waals surface area contributed by atoms with E-state index in [1.165, 1.54) is 13.0 Å². The van der Waals surface area contributed by atoms with Gasteiger partial charge in [-0.1, -0.05) is 32.9 Å². The van der Waals surface area contributed by atoms with Crippen LogP contribution in [0.5, 0.6) is 0 Å². The Morgan fingerprint density at radius 1 is 1.35 bits per heavy atom. The Labute approximate surface area is 159 Å². The molecule has 1 fully saturated rings. The maximum Gasteiger partial charge on any atom is 0.194 e. The molecule has 1 aliphatic rings. The number of nitrogens with zero attached hydrogens (tertiary/aromatic N) is 4. The minimum atomic E-state index is 0.492. The van der Waals surface area contributed by atoms with Crippen LogP contribution in [0.4, 0.5) is 0 Å². The van der Waals surface area contributed by atoms with Crippen molar-refractivity contribution in [3.8, 4) is 0 Å². The van der Waals surface area contributed by atoms with Crippen LogP contribution in [0, 0.1) is 5.92 Å². The van der Waals surface area contributed by atoms with E-state index in [2.05, 4.69) is 59.0 Å². The Morgan fingerprint density at radius 2 is 2.08 bits per heavy atom. The van der Waals surface area contributed by atoms with E-state index in [0.29, 0.717) is 12.5 Å². The van der Waals surface area contributed by atoms with E-state index in [0.717, 1.165) is 62.4 Å². The smallest absolute Gasteiger partial charge is 0.194 e.